The van der Waals surface area contributed by atoms with Gasteiger partial charge >= 0.3 is 7.60 Å². The van der Waals surface area contributed by atoms with Gasteiger partial charge in [-0.3, -0.25) is 4.57 Å². The largest absolute Gasteiger partial charge is 0.381 e. The molecule has 0 aliphatic heterocycles. The molecule has 0 saturated carbocycles. The van der Waals surface area contributed by atoms with Crippen molar-refractivity contribution in [1.29, 1.82) is 0 Å². The standard InChI is InChI=1S/C15H33O4P/c1-4-5-6-7-8-9-10-12-18-13-11-14-19-20(16,17)15(2)3/h15H,4-14H2,1-3H3,(H,16,17). The zero-order chi connectivity index (χ0) is 15.3. The van der Waals surface area contributed by atoms with Crippen molar-refractivity contribution in [2.75, 3.05) is 19.8 Å². The number of hydrogen-bond donors (Lipinski definition) is 1. The number of unbranched alkanes of at least 4 members (excludes halogenated alkanes) is 6. The number of rotatable bonds is 14. The van der Waals surface area contributed by atoms with E-state index in [0.717, 1.165) is 13.0 Å². The lowest BCUT2D eigenvalue weighted by Crippen LogP contribution is -2.05. The molecule has 1 N–H and O–H groups in total. The zero-order valence-corrected chi connectivity index (χ0v) is 14.4. The average molecular weight is 308 g/mol. The van der Waals surface area contributed by atoms with Crippen molar-refractivity contribution >= 4 is 7.60 Å². The van der Waals surface area contributed by atoms with Crippen molar-refractivity contribution in [2.45, 2.75) is 77.8 Å². The smallest absolute Gasteiger partial charge is 0.330 e. The monoisotopic (exact) mass is 308 g/mol. The van der Waals surface area contributed by atoms with Crippen molar-refractivity contribution in [1.82, 2.24) is 0 Å². The minimum Gasteiger partial charge on any atom is -0.381 e. The molecule has 0 radical (unpaired) electrons. The van der Waals surface area contributed by atoms with E-state index in [1.165, 1.54) is 38.5 Å². The zero-order valence-electron chi connectivity index (χ0n) is 13.5. The Morgan fingerprint density at radius 3 is 2.05 bits per heavy atom. The molecule has 0 bridgehead atoms. The molecule has 0 rings (SSSR count). The Labute approximate surface area is 124 Å². The molecule has 0 aromatic heterocycles. The summed E-state index contributed by atoms with van der Waals surface area (Å²) in [6, 6.07) is 0. The topological polar surface area (TPSA) is 55.8 Å². The van der Waals surface area contributed by atoms with Gasteiger partial charge in [-0.1, -0.05) is 59.3 Å². The van der Waals surface area contributed by atoms with E-state index in [-0.39, 0.29) is 5.66 Å². The quantitative estimate of drug-likeness (QED) is 0.371. The van der Waals surface area contributed by atoms with Crippen molar-refractivity contribution < 1.29 is 18.7 Å². The fourth-order valence-corrected chi connectivity index (χ4v) is 2.46. The van der Waals surface area contributed by atoms with Gasteiger partial charge in [0.25, 0.3) is 0 Å². The molecule has 0 aromatic rings. The maximum Gasteiger partial charge on any atom is 0.330 e. The Morgan fingerprint density at radius 1 is 0.900 bits per heavy atom. The predicted molar refractivity (Wildman–Crippen MR) is 84.3 cm³/mol. The molecule has 122 valence electrons. The highest BCUT2D eigenvalue weighted by Crippen LogP contribution is 2.46. The first kappa shape index (κ1) is 20.1. The molecule has 20 heavy (non-hydrogen) atoms. The number of ether oxygens (including phenoxy) is 1. The van der Waals surface area contributed by atoms with E-state index in [1.54, 1.807) is 13.8 Å². The van der Waals surface area contributed by atoms with Crippen molar-refractivity contribution in [3.63, 3.8) is 0 Å². The molecule has 0 amide bonds. The third-order valence-electron chi connectivity index (χ3n) is 3.25. The summed E-state index contributed by atoms with van der Waals surface area (Å²) in [5, 5.41) is 0. The van der Waals surface area contributed by atoms with Gasteiger partial charge < -0.3 is 14.2 Å². The highest BCUT2D eigenvalue weighted by Gasteiger charge is 2.23. The van der Waals surface area contributed by atoms with Crippen LogP contribution in [0.2, 0.25) is 0 Å². The Hall–Kier alpha value is 0.110. The van der Waals surface area contributed by atoms with Gasteiger partial charge in [-0.25, -0.2) is 0 Å². The molecule has 4 nitrogen and oxygen atoms in total. The van der Waals surface area contributed by atoms with E-state index < -0.39 is 7.60 Å². The SMILES string of the molecule is CCCCCCCCCOCCCOP(=O)(O)C(C)C. The lowest BCUT2D eigenvalue weighted by atomic mass is 10.1. The van der Waals surface area contributed by atoms with E-state index in [2.05, 4.69) is 6.92 Å². The molecule has 1 unspecified atom stereocenters. The molecule has 0 aromatic carbocycles. The molecular weight excluding hydrogens is 275 g/mol. The maximum absolute atomic E-state index is 11.5. The van der Waals surface area contributed by atoms with Crippen LogP contribution in [0, 0.1) is 0 Å². The van der Waals surface area contributed by atoms with Crippen LogP contribution in [-0.2, 0) is 13.8 Å². The highest BCUT2D eigenvalue weighted by molar-refractivity contribution is 7.53. The van der Waals surface area contributed by atoms with Gasteiger partial charge in [-0.2, -0.15) is 0 Å². The van der Waals surface area contributed by atoms with E-state index >= 15 is 0 Å². The minimum atomic E-state index is -3.40. The predicted octanol–water partition coefficient (Wildman–Crippen LogP) is 4.75. The molecule has 5 heteroatoms. The summed E-state index contributed by atoms with van der Waals surface area (Å²) in [6.07, 6.45) is 9.65. The minimum absolute atomic E-state index is 0.295. The molecule has 0 spiro atoms. The van der Waals surface area contributed by atoms with E-state index in [9.17, 15) is 9.46 Å². The van der Waals surface area contributed by atoms with Crippen LogP contribution in [0.25, 0.3) is 0 Å². The van der Waals surface area contributed by atoms with Gasteiger partial charge in [0.15, 0.2) is 0 Å². The van der Waals surface area contributed by atoms with Crippen LogP contribution in [0.4, 0.5) is 0 Å². The van der Waals surface area contributed by atoms with Gasteiger partial charge in [0.1, 0.15) is 0 Å². The second-order valence-corrected chi connectivity index (χ2v) is 8.00. The summed E-state index contributed by atoms with van der Waals surface area (Å²) < 4.78 is 22.0. The van der Waals surface area contributed by atoms with Crippen LogP contribution in [0.5, 0.6) is 0 Å². The fraction of sp³-hybridized carbons (Fsp3) is 1.00. The van der Waals surface area contributed by atoms with Crippen molar-refractivity contribution in [3.05, 3.63) is 0 Å². The average Bonchev–Trinajstić information content (AvgIpc) is 2.39. The Balaban J connectivity index is 3.19. The second kappa shape index (κ2) is 12.8. The van der Waals surface area contributed by atoms with E-state index in [1.807, 2.05) is 0 Å². The van der Waals surface area contributed by atoms with Crippen LogP contribution >= 0.6 is 7.60 Å². The van der Waals surface area contributed by atoms with Crippen LogP contribution in [0.3, 0.4) is 0 Å². The van der Waals surface area contributed by atoms with Crippen LogP contribution in [-0.4, -0.2) is 30.4 Å². The van der Waals surface area contributed by atoms with Crippen molar-refractivity contribution in [3.8, 4) is 0 Å². The third kappa shape index (κ3) is 11.9. The Kier molecular flexibility index (Phi) is 12.9. The Morgan fingerprint density at radius 2 is 1.45 bits per heavy atom. The third-order valence-corrected chi connectivity index (χ3v) is 5.11. The first-order valence-electron chi connectivity index (χ1n) is 8.05. The Bertz CT molecular complexity index is 256. The van der Waals surface area contributed by atoms with Gasteiger partial charge in [-0.05, 0) is 12.8 Å². The first-order valence-corrected chi connectivity index (χ1v) is 9.70. The van der Waals surface area contributed by atoms with Crippen LogP contribution in [0.1, 0.15) is 72.1 Å². The second-order valence-electron chi connectivity index (χ2n) is 5.58. The van der Waals surface area contributed by atoms with Gasteiger partial charge in [-0.15, -0.1) is 0 Å². The summed E-state index contributed by atoms with van der Waals surface area (Å²) in [7, 11) is -3.40. The van der Waals surface area contributed by atoms with Crippen molar-refractivity contribution in [2.24, 2.45) is 0 Å². The molecule has 1 atom stereocenters. The van der Waals surface area contributed by atoms with E-state index in [4.69, 9.17) is 9.26 Å². The number of hydrogen-bond acceptors (Lipinski definition) is 3. The van der Waals surface area contributed by atoms with E-state index in [0.29, 0.717) is 19.6 Å². The normalized spacial score (nSPS) is 14.7. The molecular formula is C15H33O4P. The molecule has 0 heterocycles. The highest BCUT2D eigenvalue weighted by atomic mass is 31.2. The lowest BCUT2D eigenvalue weighted by molar-refractivity contribution is 0.113. The van der Waals surface area contributed by atoms with Gasteiger partial charge in [0, 0.05) is 13.2 Å². The lowest BCUT2D eigenvalue weighted by Gasteiger charge is -2.15. The molecule has 0 saturated heterocycles. The van der Waals surface area contributed by atoms with Gasteiger partial charge in [0.2, 0.25) is 0 Å². The summed E-state index contributed by atoms with van der Waals surface area (Å²) in [5.74, 6) is 0. The molecule has 0 fully saturated rings. The summed E-state index contributed by atoms with van der Waals surface area (Å²) >= 11 is 0. The maximum atomic E-state index is 11.5. The molecule has 0 aliphatic rings. The van der Waals surface area contributed by atoms with Crippen LogP contribution < -0.4 is 0 Å². The van der Waals surface area contributed by atoms with Gasteiger partial charge in [0.05, 0.1) is 12.3 Å². The summed E-state index contributed by atoms with van der Waals surface area (Å²) in [4.78, 5) is 9.45. The van der Waals surface area contributed by atoms with Crippen LogP contribution in [0.15, 0.2) is 0 Å². The summed E-state index contributed by atoms with van der Waals surface area (Å²) in [5.41, 5.74) is -0.337. The molecule has 0 aliphatic carbocycles. The fourth-order valence-electron chi connectivity index (χ4n) is 1.77. The summed E-state index contributed by atoms with van der Waals surface area (Å²) in [6.45, 7) is 7.30. The first-order chi connectivity index (χ1) is 9.50.